The molecule has 0 radical (unpaired) electrons. The number of amides is 1. The SMILES string of the molecule is CC(=O)c1csc(NC(=O)CSc2cc(C)ccc2C)n1. The Morgan fingerprint density at radius 2 is 2.10 bits per heavy atom. The van der Waals surface area contributed by atoms with Crippen LogP contribution in [0.25, 0.3) is 0 Å². The van der Waals surface area contributed by atoms with Gasteiger partial charge < -0.3 is 5.32 Å². The molecule has 1 aromatic heterocycles. The zero-order chi connectivity index (χ0) is 15.4. The number of thioether (sulfide) groups is 1. The number of rotatable bonds is 5. The molecule has 0 aliphatic heterocycles. The van der Waals surface area contributed by atoms with Crippen molar-refractivity contribution in [2.45, 2.75) is 25.7 Å². The summed E-state index contributed by atoms with van der Waals surface area (Å²) < 4.78 is 0. The molecule has 6 heteroatoms. The number of carbonyl (C=O) groups is 2. The van der Waals surface area contributed by atoms with Crippen LogP contribution in [0.2, 0.25) is 0 Å². The van der Waals surface area contributed by atoms with Crippen LogP contribution in [0.4, 0.5) is 5.13 Å². The van der Waals surface area contributed by atoms with E-state index in [2.05, 4.69) is 28.5 Å². The molecule has 2 rings (SSSR count). The second kappa shape index (κ2) is 6.87. The minimum absolute atomic E-state index is 0.100. The number of benzene rings is 1. The van der Waals surface area contributed by atoms with Crippen molar-refractivity contribution in [2.24, 2.45) is 0 Å². The standard InChI is InChI=1S/C15H16N2O2S2/c1-9-4-5-10(2)13(6-9)20-8-14(19)17-15-16-12(7-21-15)11(3)18/h4-7H,8H2,1-3H3,(H,16,17,19). The molecule has 0 aliphatic carbocycles. The summed E-state index contributed by atoms with van der Waals surface area (Å²) in [7, 11) is 0. The molecule has 0 saturated carbocycles. The molecule has 0 aliphatic rings. The lowest BCUT2D eigenvalue weighted by Gasteiger charge is -2.06. The zero-order valence-electron chi connectivity index (χ0n) is 12.1. The van der Waals surface area contributed by atoms with Crippen LogP contribution in [-0.4, -0.2) is 22.4 Å². The number of anilines is 1. The molecule has 2 aromatic rings. The summed E-state index contributed by atoms with van der Waals surface area (Å²) in [5.74, 6) is 0.0982. The molecular weight excluding hydrogens is 304 g/mol. The van der Waals surface area contributed by atoms with Crippen molar-refractivity contribution in [1.29, 1.82) is 0 Å². The summed E-state index contributed by atoms with van der Waals surface area (Å²) in [5.41, 5.74) is 2.72. The fourth-order valence-electron chi connectivity index (χ4n) is 1.65. The van der Waals surface area contributed by atoms with Gasteiger partial charge in [-0.2, -0.15) is 0 Å². The van der Waals surface area contributed by atoms with Crippen molar-refractivity contribution < 1.29 is 9.59 Å². The third-order valence-electron chi connectivity index (χ3n) is 2.81. The van der Waals surface area contributed by atoms with Gasteiger partial charge in [-0.1, -0.05) is 17.7 Å². The summed E-state index contributed by atoms with van der Waals surface area (Å²) in [6.45, 7) is 5.51. The molecule has 1 amide bonds. The number of hydrogen-bond donors (Lipinski definition) is 1. The number of nitrogens with zero attached hydrogens (tertiary/aromatic N) is 1. The summed E-state index contributed by atoms with van der Waals surface area (Å²) >= 11 is 2.76. The molecule has 110 valence electrons. The first-order valence-corrected chi connectivity index (χ1v) is 8.28. The number of thiazole rings is 1. The molecule has 21 heavy (non-hydrogen) atoms. The van der Waals surface area contributed by atoms with Crippen molar-refractivity contribution >= 4 is 39.9 Å². The van der Waals surface area contributed by atoms with E-state index in [4.69, 9.17) is 0 Å². The quantitative estimate of drug-likeness (QED) is 0.674. The molecule has 1 heterocycles. The van der Waals surface area contributed by atoms with Crippen LogP contribution in [0.15, 0.2) is 28.5 Å². The lowest BCUT2D eigenvalue weighted by molar-refractivity contribution is -0.113. The predicted octanol–water partition coefficient (Wildman–Crippen LogP) is 3.69. The highest BCUT2D eigenvalue weighted by Gasteiger charge is 2.10. The number of Topliss-reactive ketones (excluding diaryl/α,β-unsaturated/α-hetero) is 1. The van der Waals surface area contributed by atoms with Gasteiger partial charge in [-0.3, -0.25) is 9.59 Å². The Labute approximate surface area is 132 Å². The Kier molecular flexibility index (Phi) is 5.14. The number of carbonyl (C=O) groups excluding carboxylic acids is 2. The molecule has 0 spiro atoms. The Bertz CT molecular complexity index is 680. The first-order valence-electron chi connectivity index (χ1n) is 6.42. The normalized spacial score (nSPS) is 10.4. The first-order chi connectivity index (χ1) is 9.95. The second-order valence-corrected chi connectivity index (χ2v) is 6.58. The maximum absolute atomic E-state index is 11.9. The third-order valence-corrected chi connectivity index (χ3v) is 4.73. The highest BCUT2D eigenvalue weighted by molar-refractivity contribution is 8.00. The van der Waals surface area contributed by atoms with Gasteiger partial charge >= 0.3 is 0 Å². The van der Waals surface area contributed by atoms with E-state index >= 15 is 0 Å². The van der Waals surface area contributed by atoms with Gasteiger partial charge in [-0.05, 0) is 25.5 Å². The van der Waals surface area contributed by atoms with E-state index in [0.29, 0.717) is 16.6 Å². The zero-order valence-corrected chi connectivity index (χ0v) is 13.7. The molecular formula is C15H16N2O2S2. The number of aromatic nitrogens is 1. The van der Waals surface area contributed by atoms with E-state index in [1.807, 2.05) is 13.8 Å². The lowest BCUT2D eigenvalue weighted by Crippen LogP contribution is -2.14. The van der Waals surface area contributed by atoms with Crippen LogP contribution < -0.4 is 5.32 Å². The molecule has 0 bridgehead atoms. The van der Waals surface area contributed by atoms with Gasteiger partial charge in [0.1, 0.15) is 5.69 Å². The molecule has 0 atom stereocenters. The van der Waals surface area contributed by atoms with Crippen LogP contribution in [0.1, 0.15) is 28.5 Å². The minimum atomic E-state index is -0.120. The van der Waals surface area contributed by atoms with Crippen molar-refractivity contribution in [3.8, 4) is 0 Å². The van der Waals surface area contributed by atoms with E-state index in [9.17, 15) is 9.59 Å². The Morgan fingerprint density at radius 1 is 1.33 bits per heavy atom. The number of hydrogen-bond acceptors (Lipinski definition) is 5. The number of aryl methyl sites for hydroxylation is 2. The summed E-state index contributed by atoms with van der Waals surface area (Å²) in [6, 6.07) is 6.18. The Balaban J connectivity index is 1.92. The van der Waals surface area contributed by atoms with Crippen LogP contribution in [0, 0.1) is 13.8 Å². The first kappa shape index (κ1) is 15.7. The fraction of sp³-hybridized carbons (Fsp3) is 0.267. The van der Waals surface area contributed by atoms with Gasteiger partial charge in [0.05, 0.1) is 5.75 Å². The molecule has 4 nitrogen and oxygen atoms in total. The fourth-order valence-corrected chi connectivity index (χ4v) is 3.34. The topological polar surface area (TPSA) is 59.1 Å². The van der Waals surface area contributed by atoms with Crippen molar-refractivity contribution in [3.63, 3.8) is 0 Å². The van der Waals surface area contributed by atoms with E-state index in [1.54, 1.807) is 5.38 Å². The Morgan fingerprint density at radius 3 is 2.76 bits per heavy atom. The van der Waals surface area contributed by atoms with E-state index < -0.39 is 0 Å². The highest BCUT2D eigenvalue weighted by atomic mass is 32.2. The van der Waals surface area contributed by atoms with E-state index in [0.717, 1.165) is 10.5 Å². The van der Waals surface area contributed by atoms with Gasteiger partial charge in [-0.15, -0.1) is 23.1 Å². The number of nitrogens with one attached hydrogen (secondary N) is 1. The summed E-state index contributed by atoms with van der Waals surface area (Å²) in [6.07, 6.45) is 0. The highest BCUT2D eigenvalue weighted by Crippen LogP contribution is 2.24. The van der Waals surface area contributed by atoms with Crippen LogP contribution in [0.5, 0.6) is 0 Å². The van der Waals surface area contributed by atoms with Gasteiger partial charge in [0, 0.05) is 17.2 Å². The largest absolute Gasteiger partial charge is 0.301 e. The predicted molar refractivity (Wildman–Crippen MR) is 87.4 cm³/mol. The Hall–Kier alpha value is -1.66. The molecule has 0 saturated heterocycles. The van der Waals surface area contributed by atoms with Gasteiger partial charge in [0.15, 0.2) is 10.9 Å². The van der Waals surface area contributed by atoms with Gasteiger partial charge in [-0.25, -0.2) is 4.98 Å². The maximum Gasteiger partial charge on any atom is 0.236 e. The van der Waals surface area contributed by atoms with Gasteiger partial charge in [0.2, 0.25) is 5.91 Å². The molecule has 0 fully saturated rings. The van der Waals surface area contributed by atoms with Crippen molar-refractivity contribution in [1.82, 2.24) is 4.98 Å². The van der Waals surface area contributed by atoms with Crippen LogP contribution in [-0.2, 0) is 4.79 Å². The maximum atomic E-state index is 11.9. The summed E-state index contributed by atoms with van der Waals surface area (Å²) in [4.78, 5) is 28.2. The van der Waals surface area contributed by atoms with E-state index in [1.165, 1.54) is 35.6 Å². The van der Waals surface area contributed by atoms with Crippen molar-refractivity contribution in [3.05, 3.63) is 40.4 Å². The third kappa shape index (κ3) is 4.41. The van der Waals surface area contributed by atoms with Crippen LogP contribution >= 0.6 is 23.1 Å². The smallest absolute Gasteiger partial charge is 0.236 e. The molecule has 1 N–H and O–H groups in total. The monoisotopic (exact) mass is 320 g/mol. The molecule has 0 unspecified atom stereocenters. The van der Waals surface area contributed by atoms with E-state index in [-0.39, 0.29) is 11.7 Å². The number of ketones is 1. The van der Waals surface area contributed by atoms with Crippen LogP contribution in [0.3, 0.4) is 0 Å². The second-order valence-electron chi connectivity index (χ2n) is 4.70. The lowest BCUT2D eigenvalue weighted by atomic mass is 10.2. The van der Waals surface area contributed by atoms with Gasteiger partial charge in [0.25, 0.3) is 0 Å². The molecule has 1 aromatic carbocycles. The minimum Gasteiger partial charge on any atom is -0.301 e. The average Bonchev–Trinajstić information content (AvgIpc) is 2.88. The van der Waals surface area contributed by atoms with Crippen molar-refractivity contribution in [2.75, 3.05) is 11.1 Å². The summed E-state index contributed by atoms with van der Waals surface area (Å²) in [5, 5.41) is 4.83. The average molecular weight is 320 g/mol.